The molecular weight excluding hydrogens is 308 g/mol. The van der Waals surface area contributed by atoms with Gasteiger partial charge in [-0.25, -0.2) is 0 Å². The van der Waals surface area contributed by atoms with Crippen molar-refractivity contribution in [3.63, 3.8) is 0 Å². The number of esters is 1. The van der Waals surface area contributed by atoms with Crippen LogP contribution in [0.1, 0.15) is 18.4 Å². The fraction of sp³-hybridized carbons (Fsp3) is 0.316. The number of hydrogen-bond donors (Lipinski definition) is 0. The summed E-state index contributed by atoms with van der Waals surface area (Å²) in [5, 5.41) is 0. The minimum Gasteiger partial charge on any atom is -0.454 e. The van der Waals surface area contributed by atoms with Gasteiger partial charge in [-0.05, 0) is 30.6 Å². The zero-order valence-corrected chi connectivity index (χ0v) is 12.9. The highest BCUT2D eigenvalue weighted by Crippen LogP contribution is 2.38. The molecule has 1 aromatic carbocycles. The normalized spacial score (nSPS) is 28.7. The van der Waals surface area contributed by atoms with Crippen LogP contribution >= 0.6 is 0 Å². The lowest BCUT2D eigenvalue weighted by Gasteiger charge is -2.34. The number of allylic oxidation sites excluding steroid dienone is 2. The average Bonchev–Trinajstić information content (AvgIpc) is 2.96. The quantitative estimate of drug-likeness (QED) is 0.625. The van der Waals surface area contributed by atoms with Crippen molar-refractivity contribution in [3.8, 4) is 0 Å². The summed E-state index contributed by atoms with van der Waals surface area (Å²) in [5.41, 5.74) is 1.80. The highest BCUT2D eigenvalue weighted by atomic mass is 16.6. The molecule has 2 aliphatic heterocycles. The first-order valence-corrected chi connectivity index (χ1v) is 8.03. The lowest BCUT2D eigenvalue weighted by atomic mass is 9.82. The number of aryl methyl sites for hydroxylation is 1. The number of ketones is 2. The first kappa shape index (κ1) is 15.0. The van der Waals surface area contributed by atoms with Crippen LogP contribution in [0.15, 0.2) is 53.6 Å². The summed E-state index contributed by atoms with van der Waals surface area (Å²) < 4.78 is 11.2. The summed E-state index contributed by atoms with van der Waals surface area (Å²) in [6.45, 7) is 0. The Bertz CT molecular complexity index is 774. The number of benzene rings is 1. The van der Waals surface area contributed by atoms with Crippen LogP contribution in [-0.2, 0) is 30.3 Å². The summed E-state index contributed by atoms with van der Waals surface area (Å²) in [6, 6.07) is 9.88. The molecule has 0 bridgehead atoms. The zero-order chi connectivity index (χ0) is 16.7. The molecule has 24 heavy (non-hydrogen) atoms. The highest BCUT2D eigenvalue weighted by Gasteiger charge is 2.49. The van der Waals surface area contributed by atoms with Gasteiger partial charge in [0.15, 0.2) is 17.7 Å². The lowest BCUT2D eigenvalue weighted by molar-refractivity contribution is -0.141. The van der Waals surface area contributed by atoms with Crippen molar-refractivity contribution in [2.75, 3.05) is 0 Å². The molecule has 5 nitrogen and oxygen atoms in total. The molecule has 3 atom stereocenters. The van der Waals surface area contributed by atoms with Crippen LogP contribution in [0, 0.1) is 0 Å². The molecule has 4 rings (SSSR count). The predicted molar refractivity (Wildman–Crippen MR) is 84.1 cm³/mol. The third-order valence-electron chi connectivity index (χ3n) is 4.65. The van der Waals surface area contributed by atoms with Crippen LogP contribution in [0.5, 0.6) is 0 Å². The van der Waals surface area contributed by atoms with E-state index in [9.17, 15) is 14.4 Å². The number of ether oxygens (including phenoxy) is 2. The molecule has 0 spiro atoms. The van der Waals surface area contributed by atoms with Gasteiger partial charge in [0.1, 0.15) is 6.10 Å². The molecule has 122 valence electrons. The molecule has 1 unspecified atom stereocenters. The van der Waals surface area contributed by atoms with E-state index in [1.165, 1.54) is 12.2 Å². The summed E-state index contributed by atoms with van der Waals surface area (Å²) in [5.74, 6) is -0.887. The van der Waals surface area contributed by atoms with Crippen molar-refractivity contribution in [3.05, 3.63) is 59.2 Å². The SMILES string of the molecule is O=C1C[C@H]2OC(CCc3ccccc3)C3=C(C(=O)C=CC3=O)[C@H]2O1. The smallest absolute Gasteiger partial charge is 0.309 e. The van der Waals surface area contributed by atoms with E-state index < -0.39 is 24.3 Å². The summed E-state index contributed by atoms with van der Waals surface area (Å²) >= 11 is 0. The maximum Gasteiger partial charge on any atom is 0.309 e. The van der Waals surface area contributed by atoms with Gasteiger partial charge < -0.3 is 9.47 Å². The molecule has 1 aromatic rings. The van der Waals surface area contributed by atoms with Crippen LogP contribution in [0.25, 0.3) is 0 Å². The highest BCUT2D eigenvalue weighted by molar-refractivity contribution is 6.21. The Labute approximate surface area is 138 Å². The fourth-order valence-corrected chi connectivity index (χ4v) is 3.56. The molecule has 1 saturated heterocycles. The van der Waals surface area contributed by atoms with Crippen molar-refractivity contribution < 1.29 is 23.9 Å². The molecule has 0 radical (unpaired) electrons. The van der Waals surface area contributed by atoms with E-state index in [1.807, 2.05) is 30.3 Å². The maximum absolute atomic E-state index is 12.3. The molecule has 0 amide bonds. The summed E-state index contributed by atoms with van der Waals surface area (Å²) in [7, 11) is 0. The average molecular weight is 324 g/mol. The van der Waals surface area contributed by atoms with Gasteiger partial charge in [-0.15, -0.1) is 0 Å². The third-order valence-corrected chi connectivity index (χ3v) is 4.65. The molecule has 0 saturated carbocycles. The zero-order valence-electron chi connectivity index (χ0n) is 12.9. The lowest BCUT2D eigenvalue weighted by Crippen LogP contribution is -2.44. The maximum atomic E-state index is 12.3. The van der Waals surface area contributed by atoms with Gasteiger partial charge in [0.05, 0.1) is 18.1 Å². The summed E-state index contributed by atoms with van der Waals surface area (Å²) in [4.78, 5) is 36.3. The molecule has 1 aliphatic carbocycles. The standard InChI is InChI=1S/C19H16O5/c20-12-7-8-13(21)18-17(12)14(9-6-11-4-2-1-3-5-11)23-15-10-16(22)24-19(15)18/h1-5,7-8,14-15,19H,6,9-10H2/t14?,15-,19+/m1/s1. The minimum atomic E-state index is -0.748. The second-order valence-electron chi connectivity index (χ2n) is 6.19. The Balaban J connectivity index is 1.65. The number of rotatable bonds is 3. The van der Waals surface area contributed by atoms with Gasteiger partial charge in [-0.2, -0.15) is 0 Å². The largest absolute Gasteiger partial charge is 0.454 e. The Morgan fingerprint density at radius 1 is 0.958 bits per heavy atom. The Kier molecular flexibility index (Phi) is 3.65. The molecular formula is C19H16O5. The van der Waals surface area contributed by atoms with Crippen LogP contribution in [0.3, 0.4) is 0 Å². The van der Waals surface area contributed by atoms with E-state index in [0.717, 1.165) is 12.0 Å². The van der Waals surface area contributed by atoms with Crippen LogP contribution in [-0.4, -0.2) is 35.8 Å². The fourth-order valence-electron chi connectivity index (χ4n) is 3.56. The van der Waals surface area contributed by atoms with E-state index in [-0.39, 0.29) is 18.0 Å². The Morgan fingerprint density at radius 3 is 2.42 bits per heavy atom. The van der Waals surface area contributed by atoms with Gasteiger partial charge in [0, 0.05) is 5.57 Å². The van der Waals surface area contributed by atoms with Gasteiger partial charge >= 0.3 is 5.97 Å². The Hall–Kier alpha value is -2.53. The molecule has 2 heterocycles. The molecule has 0 aromatic heterocycles. The van der Waals surface area contributed by atoms with Crippen LogP contribution in [0.4, 0.5) is 0 Å². The predicted octanol–water partition coefficient (Wildman–Crippen LogP) is 1.71. The van der Waals surface area contributed by atoms with Crippen molar-refractivity contribution in [1.29, 1.82) is 0 Å². The van der Waals surface area contributed by atoms with E-state index in [4.69, 9.17) is 9.47 Å². The van der Waals surface area contributed by atoms with Crippen molar-refractivity contribution >= 4 is 17.5 Å². The molecule has 1 fully saturated rings. The van der Waals surface area contributed by atoms with Crippen molar-refractivity contribution in [2.24, 2.45) is 0 Å². The number of hydrogen-bond acceptors (Lipinski definition) is 5. The molecule has 3 aliphatic rings. The Morgan fingerprint density at radius 2 is 1.67 bits per heavy atom. The second kappa shape index (κ2) is 5.83. The van der Waals surface area contributed by atoms with E-state index in [2.05, 4.69) is 0 Å². The van der Waals surface area contributed by atoms with Crippen molar-refractivity contribution in [2.45, 2.75) is 37.6 Å². The van der Waals surface area contributed by atoms with Crippen molar-refractivity contribution in [1.82, 2.24) is 0 Å². The summed E-state index contributed by atoms with van der Waals surface area (Å²) in [6.07, 6.45) is 2.22. The van der Waals surface area contributed by atoms with Gasteiger partial charge in [-0.1, -0.05) is 30.3 Å². The van der Waals surface area contributed by atoms with Gasteiger partial charge in [0.25, 0.3) is 0 Å². The van der Waals surface area contributed by atoms with Gasteiger partial charge in [-0.3, -0.25) is 14.4 Å². The number of fused-ring (bicyclic) bond motifs is 2. The number of carbonyl (C=O) groups excluding carboxylic acids is 3. The monoisotopic (exact) mass is 324 g/mol. The first-order valence-electron chi connectivity index (χ1n) is 8.03. The van der Waals surface area contributed by atoms with E-state index >= 15 is 0 Å². The van der Waals surface area contributed by atoms with Crippen LogP contribution in [0.2, 0.25) is 0 Å². The first-order chi connectivity index (χ1) is 11.6. The van der Waals surface area contributed by atoms with Crippen LogP contribution < -0.4 is 0 Å². The molecule has 0 N–H and O–H groups in total. The third kappa shape index (κ3) is 2.51. The van der Waals surface area contributed by atoms with E-state index in [1.54, 1.807) is 0 Å². The van der Waals surface area contributed by atoms with E-state index in [0.29, 0.717) is 17.6 Å². The number of carbonyl (C=O) groups is 3. The second-order valence-corrected chi connectivity index (χ2v) is 6.19. The minimum absolute atomic E-state index is 0.120. The van der Waals surface area contributed by atoms with Gasteiger partial charge in [0.2, 0.25) is 0 Å². The molecule has 5 heteroatoms. The topological polar surface area (TPSA) is 69.7 Å².